The maximum Gasteiger partial charge on any atom is 0.413 e. The van der Waals surface area contributed by atoms with Gasteiger partial charge < -0.3 is 10.1 Å². The van der Waals surface area contributed by atoms with Gasteiger partial charge in [0.1, 0.15) is 11.9 Å². The van der Waals surface area contributed by atoms with E-state index in [9.17, 15) is 14.9 Å². The number of nitriles is 1. The average Bonchev–Trinajstić information content (AvgIpc) is 3.39. The van der Waals surface area contributed by atoms with Crippen molar-refractivity contribution < 1.29 is 14.3 Å². The topological polar surface area (TPSA) is 122 Å². The molecule has 170 valence electrons. The lowest BCUT2D eigenvalue weighted by Crippen LogP contribution is -2.18. The monoisotopic (exact) mass is 482 g/mol. The Bertz CT molecular complexity index is 1200. The Kier molecular flexibility index (Phi) is 7.26. The summed E-state index contributed by atoms with van der Waals surface area (Å²) in [5.74, 6) is 0.352. The van der Waals surface area contributed by atoms with E-state index in [0.29, 0.717) is 20.9 Å². The Balaban J connectivity index is 1.50. The van der Waals surface area contributed by atoms with Crippen molar-refractivity contribution in [3.63, 3.8) is 0 Å². The first-order chi connectivity index (χ1) is 16.1. The summed E-state index contributed by atoms with van der Waals surface area (Å²) in [6.45, 7) is 1.97. The fraction of sp³-hybridized carbons (Fsp3) is 0.318. The van der Waals surface area contributed by atoms with Crippen LogP contribution in [-0.4, -0.2) is 39.1 Å². The summed E-state index contributed by atoms with van der Waals surface area (Å²) in [7, 11) is 0. The van der Waals surface area contributed by atoms with Crippen LogP contribution >= 0.6 is 23.1 Å². The van der Waals surface area contributed by atoms with Crippen molar-refractivity contribution in [3.8, 4) is 11.8 Å². The molecule has 0 atom stereocenters. The van der Waals surface area contributed by atoms with Crippen LogP contribution in [0, 0.1) is 11.3 Å². The molecule has 1 aliphatic rings. The highest BCUT2D eigenvalue weighted by Gasteiger charge is 2.26. The number of nitrogens with zero attached hydrogens (tertiary/aromatic N) is 4. The number of thioether (sulfide) groups is 1. The minimum absolute atomic E-state index is 0.0868. The summed E-state index contributed by atoms with van der Waals surface area (Å²) < 4.78 is 7.35. The van der Waals surface area contributed by atoms with Crippen molar-refractivity contribution in [2.45, 2.75) is 36.9 Å². The third kappa shape index (κ3) is 5.18. The quantitative estimate of drug-likeness (QED) is 0.378. The van der Waals surface area contributed by atoms with Crippen LogP contribution in [0.25, 0.3) is 5.69 Å². The van der Waals surface area contributed by atoms with Gasteiger partial charge in [0.2, 0.25) is 11.0 Å². The van der Waals surface area contributed by atoms with E-state index in [-0.39, 0.29) is 18.3 Å². The molecule has 4 rings (SSSR count). The van der Waals surface area contributed by atoms with E-state index in [2.05, 4.69) is 26.9 Å². The summed E-state index contributed by atoms with van der Waals surface area (Å²) in [6, 6.07) is 12.1. The fourth-order valence-corrected chi connectivity index (χ4v) is 5.30. The molecule has 0 bridgehead atoms. The second-order valence-electron chi connectivity index (χ2n) is 7.19. The first kappa shape index (κ1) is 22.8. The van der Waals surface area contributed by atoms with Crippen LogP contribution in [0.15, 0.2) is 34.7 Å². The highest BCUT2D eigenvalue weighted by Crippen LogP contribution is 2.36. The number of amides is 2. The summed E-state index contributed by atoms with van der Waals surface area (Å²) in [5, 5.41) is 23.5. The van der Waals surface area contributed by atoms with Crippen LogP contribution < -0.4 is 10.6 Å². The highest BCUT2D eigenvalue weighted by molar-refractivity contribution is 8.01. The van der Waals surface area contributed by atoms with Crippen molar-refractivity contribution in [2.75, 3.05) is 23.0 Å². The van der Waals surface area contributed by atoms with Gasteiger partial charge in [-0.3, -0.25) is 14.7 Å². The molecule has 0 saturated carbocycles. The van der Waals surface area contributed by atoms with Gasteiger partial charge >= 0.3 is 6.09 Å². The Morgan fingerprint density at radius 3 is 2.76 bits per heavy atom. The third-order valence-electron chi connectivity index (χ3n) is 5.07. The summed E-state index contributed by atoms with van der Waals surface area (Å²) in [5.41, 5.74) is 3.56. The van der Waals surface area contributed by atoms with Gasteiger partial charge in [-0.25, -0.2) is 4.79 Å². The van der Waals surface area contributed by atoms with Crippen LogP contribution in [0.3, 0.4) is 0 Å². The number of para-hydroxylation sites is 1. The van der Waals surface area contributed by atoms with Crippen LogP contribution in [0.5, 0.6) is 0 Å². The van der Waals surface area contributed by atoms with Crippen LogP contribution in [0.2, 0.25) is 0 Å². The maximum atomic E-state index is 12.8. The summed E-state index contributed by atoms with van der Waals surface area (Å²) in [6.07, 6.45) is 3.18. The van der Waals surface area contributed by atoms with E-state index in [1.54, 1.807) is 6.92 Å². The summed E-state index contributed by atoms with van der Waals surface area (Å²) >= 11 is 2.36. The van der Waals surface area contributed by atoms with Crippen LogP contribution in [0.4, 0.5) is 15.7 Å². The van der Waals surface area contributed by atoms with Gasteiger partial charge in [-0.2, -0.15) is 5.26 Å². The van der Waals surface area contributed by atoms with Crippen molar-refractivity contribution in [3.05, 3.63) is 47.2 Å². The molecule has 2 heterocycles. The standard InChI is InChI=1S/C22H22N6O3S2/c1-2-31-21(30)25-20-26-27-22(33-20)32-13-18(29)24-19-16(12-23)15-10-6-7-11-17(15)28(19)14-8-4-3-5-9-14/h3-5,8-9H,2,6-7,10-11,13H2,1H3,(H,24,29)(H,25,26,30). The van der Waals surface area contributed by atoms with E-state index in [4.69, 9.17) is 4.74 Å². The van der Waals surface area contributed by atoms with Crippen molar-refractivity contribution in [1.82, 2.24) is 14.8 Å². The van der Waals surface area contributed by atoms with E-state index in [0.717, 1.165) is 54.0 Å². The minimum atomic E-state index is -0.599. The molecule has 0 spiro atoms. The minimum Gasteiger partial charge on any atom is -0.450 e. The van der Waals surface area contributed by atoms with Gasteiger partial charge in [-0.1, -0.05) is 41.3 Å². The number of carbonyl (C=O) groups excluding carboxylic acids is 2. The first-order valence-corrected chi connectivity index (χ1v) is 12.3. The molecule has 1 aliphatic carbocycles. The molecule has 0 radical (unpaired) electrons. The van der Waals surface area contributed by atoms with E-state index < -0.39 is 6.09 Å². The number of benzene rings is 1. The molecule has 0 fully saturated rings. The lowest BCUT2D eigenvalue weighted by atomic mass is 9.95. The predicted octanol–water partition coefficient (Wildman–Crippen LogP) is 4.38. The Labute approximate surface area is 199 Å². The Morgan fingerprint density at radius 2 is 2.00 bits per heavy atom. The lowest BCUT2D eigenvalue weighted by molar-refractivity contribution is -0.113. The zero-order valence-corrected chi connectivity index (χ0v) is 19.6. The van der Waals surface area contributed by atoms with Gasteiger partial charge in [0, 0.05) is 11.4 Å². The molecule has 2 amide bonds. The van der Waals surface area contributed by atoms with Crippen LogP contribution in [-0.2, 0) is 22.4 Å². The van der Waals surface area contributed by atoms with Gasteiger partial charge in [0.25, 0.3) is 0 Å². The molecule has 0 unspecified atom stereocenters. The molecular weight excluding hydrogens is 460 g/mol. The third-order valence-corrected chi connectivity index (χ3v) is 7.04. The van der Waals surface area contributed by atoms with Crippen molar-refractivity contribution in [2.24, 2.45) is 0 Å². The van der Waals surface area contributed by atoms with Crippen molar-refractivity contribution in [1.29, 1.82) is 5.26 Å². The molecule has 9 nitrogen and oxygen atoms in total. The van der Waals surface area contributed by atoms with Gasteiger partial charge in [-0.15, -0.1) is 10.2 Å². The molecular formula is C22H22N6O3S2. The number of fused-ring (bicyclic) bond motifs is 1. The SMILES string of the molecule is CCOC(=O)Nc1nnc(SCC(=O)Nc2c(C#N)c3c(n2-c2ccccc2)CCCC3)s1. The Morgan fingerprint density at radius 1 is 1.21 bits per heavy atom. The molecule has 3 aromatic rings. The number of hydrogen-bond donors (Lipinski definition) is 2. The molecule has 2 aromatic heterocycles. The second-order valence-corrected chi connectivity index (χ2v) is 9.39. The fourth-order valence-electron chi connectivity index (χ4n) is 3.76. The number of hydrogen-bond acceptors (Lipinski definition) is 8. The smallest absolute Gasteiger partial charge is 0.413 e. The molecule has 0 saturated heterocycles. The molecule has 11 heteroatoms. The zero-order chi connectivity index (χ0) is 23.2. The van der Waals surface area contributed by atoms with Crippen molar-refractivity contribution >= 4 is 46.0 Å². The van der Waals surface area contributed by atoms with Gasteiger partial charge in [0.15, 0.2) is 4.34 Å². The number of rotatable bonds is 7. The Hall–Kier alpha value is -3.36. The van der Waals surface area contributed by atoms with Gasteiger partial charge in [-0.05, 0) is 50.3 Å². The van der Waals surface area contributed by atoms with E-state index >= 15 is 0 Å². The van der Waals surface area contributed by atoms with E-state index in [1.165, 1.54) is 11.8 Å². The number of anilines is 2. The maximum absolute atomic E-state index is 12.8. The number of ether oxygens (including phenoxy) is 1. The molecule has 33 heavy (non-hydrogen) atoms. The van der Waals surface area contributed by atoms with Gasteiger partial charge in [0.05, 0.1) is 17.9 Å². The molecule has 2 N–H and O–H groups in total. The second kappa shape index (κ2) is 10.5. The van der Waals surface area contributed by atoms with E-state index in [1.807, 2.05) is 34.9 Å². The lowest BCUT2D eigenvalue weighted by Gasteiger charge is -2.17. The van der Waals surface area contributed by atoms with Crippen LogP contribution in [0.1, 0.15) is 36.6 Å². The molecule has 0 aliphatic heterocycles. The number of carbonyl (C=O) groups is 2. The number of aromatic nitrogens is 3. The molecule has 1 aromatic carbocycles. The highest BCUT2D eigenvalue weighted by atomic mass is 32.2. The first-order valence-electron chi connectivity index (χ1n) is 10.5. The normalized spacial score (nSPS) is 12.5. The zero-order valence-electron chi connectivity index (χ0n) is 18.0. The average molecular weight is 483 g/mol. The number of nitrogens with one attached hydrogen (secondary N) is 2. The summed E-state index contributed by atoms with van der Waals surface area (Å²) in [4.78, 5) is 24.3. The largest absolute Gasteiger partial charge is 0.450 e. The predicted molar refractivity (Wildman–Crippen MR) is 127 cm³/mol.